The molecule has 2 fully saturated rings. The molecule has 1 unspecified atom stereocenters. The van der Waals surface area contributed by atoms with Crippen LogP contribution >= 0.6 is 0 Å². The van der Waals surface area contributed by atoms with Crippen LogP contribution < -0.4 is 5.32 Å². The maximum Gasteiger partial charge on any atom is 0.0546 e. The second kappa shape index (κ2) is 7.61. The van der Waals surface area contributed by atoms with Gasteiger partial charge < -0.3 is 10.1 Å². The number of nitrogens with zero attached hydrogens (tertiary/aromatic N) is 1. The maximum atomic E-state index is 5.80. The fourth-order valence-corrected chi connectivity index (χ4v) is 3.98. The summed E-state index contributed by atoms with van der Waals surface area (Å²) in [6, 6.07) is 0.828. The number of hydrogen-bond acceptors (Lipinski definition) is 3. The third-order valence-electron chi connectivity index (χ3n) is 4.99. The molecule has 1 aliphatic carbocycles. The number of nitrogens with one attached hydrogen (secondary N) is 1. The molecule has 3 nitrogen and oxygen atoms in total. The second-order valence-corrected chi connectivity index (χ2v) is 6.54. The smallest absolute Gasteiger partial charge is 0.0546 e. The summed E-state index contributed by atoms with van der Waals surface area (Å²) < 4.78 is 5.80. The Morgan fingerprint density at radius 1 is 1.21 bits per heavy atom. The van der Waals surface area contributed by atoms with Crippen molar-refractivity contribution in [3.05, 3.63) is 0 Å². The van der Waals surface area contributed by atoms with Crippen molar-refractivity contribution in [2.24, 2.45) is 5.41 Å². The highest BCUT2D eigenvalue weighted by Crippen LogP contribution is 2.32. The van der Waals surface area contributed by atoms with Crippen molar-refractivity contribution in [2.45, 2.75) is 57.9 Å². The summed E-state index contributed by atoms with van der Waals surface area (Å²) in [6.45, 7) is 7.73. The van der Waals surface area contributed by atoms with Gasteiger partial charge in [-0.25, -0.2) is 0 Å². The van der Waals surface area contributed by atoms with Gasteiger partial charge in [0.1, 0.15) is 0 Å². The Morgan fingerprint density at radius 2 is 2.00 bits per heavy atom. The van der Waals surface area contributed by atoms with Crippen LogP contribution in [0.4, 0.5) is 0 Å². The van der Waals surface area contributed by atoms with Gasteiger partial charge >= 0.3 is 0 Å². The first kappa shape index (κ1) is 15.3. The lowest BCUT2D eigenvalue weighted by Crippen LogP contribution is -2.51. The quantitative estimate of drug-likeness (QED) is 0.801. The summed E-state index contributed by atoms with van der Waals surface area (Å²) in [7, 11) is 2.08. The molecule has 0 spiro atoms. The molecule has 2 aliphatic rings. The first-order chi connectivity index (χ1) is 9.29. The molecule has 0 aromatic carbocycles. The topological polar surface area (TPSA) is 24.5 Å². The highest BCUT2D eigenvalue weighted by Gasteiger charge is 2.35. The van der Waals surface area contributed by atoms with E-state index in [1.165, 1.54) is 58.0 Å². The van der Waals surface area contributed by atoms with E-state index in [2.05, 4.69) is 24.2 Å². The minimum atomic E-state index is 0.348. The summed E-state index contributed by atoms with van der Waals surface area (Å²) in [5.74, 6) is 0. The summed E-state index contributed by atoms with van der Waals surface area (Å²) in [6.07, 6.45) is 9.65. The van der Waals surface area contributed by atoms with Gasteiger partial charge in [-0.3, -0.25) is 4.90 Å². The molecule has 3 heteroatoms. The van der Waals surface area contributed by atoms with Gasteiger partial charge in [-0.05, 0) is 39.3 Å². The van der Waals surface area contributed by atoms with E-state index < -0.39 is 0 Å². The molecule has 0 aromatic rings. The van der Waals surface area contributed by atoms with Crippen LogP contribution in [0.25, 0.3) is 0 Å². The molecular weight excluding hydrogens is 236 g/mol. The maximum absolute atomic E-state index is 5.80. The molecule has 0 bridgehead atoms. The third-order valence-corrected chi connectivity index (χ3v) is 4.99. The van der Waals surface area contributed by atoms with Crippen LogP contribution in [-0.2, 0) is 4.74 Å². The van der Waals surface area contributed by atoms with E-state index in [-0.39, 0.29) is 0 Å². The van der Waals surface area contributed by atoms with Crippen molar-refractivity contribution in [1.82, 2.24) is 10.2 Å². The summed E-state index contributed by atoms with van der Waals surface area (Å²) >= 11 is 0. The first-order valence-corrected chi connectivity index (χ1v) is 8.26. The normalized spacial score (nSPS) is 29.8. The predicted octanol–water partition coefficient (Wildman–Crippen LogP) is 2.66. The van der Waals surface area contributed by atoms with Crippen LogP contribution in [-0.4, -0.2) is 50.8 Å². The predicted molar refractivity (Wildman–Crippen MR) is 80.5 cm³/mol. The highest BCUT2D eigenvalue weighted by molar-refractivity contribution is 4.89. The summed E-state index contributed by atoms with van der Waals surface area (Å²) in [5.41, 5.74) is 0.348. The highest BCUT2D eigenvalue weighted by atomic mass is 16.5. The van der Waals surface area contributed by atoms with Crippen LogP contribution in [0.1, 0.15) is 51.9 Å². The molecule has 1 atom stereocenters. The van der Waals surface area contributed by atoms with E-state index in [0.29, 0.717) is 5.41 Å². The zero-order valence-corrected chi connectivity index (χ0v) is 12.9. The molecule has 1 saturated carbocycles. The molecule has 112 valence electrons. The van der Waals surface area contributed by atoms with Gasteiger partial charge in [-0.1, -0.05) is 26.2 Å². The molecule has 19 heavy (non-hydrogen) atoms. The van der Waals surface area contributed by atoms with Crippen molar-refractivity contribution in [1.29, 1.82) is 0 Å². The fraction of sp³-hybridized carbons (Fsp3) is 1.00. The summed E-state index contributed by atoms with van der Waals surface area (Å²) in [4.78, 5) is 2.74. The van der Waals surface area contributed by atoms with Crippen molar-refractivity contribution in [3.63, 3.8) is 0 Å². The van der Waals surface area contributed by atoms with Crippen LogP contribution in [0.3, 0.4) is 0 Å². The van der Waals surface area contributed by atoms with Gasteiger partial charge in [-0.15, -0.1) is 0 Å². The van der Waals surface area contributed by atoms with Crippen LogP contribution in [0.2, 0.25) is 0 Å². The molecule has 1 heterocycles. The zero-order valence-electron chi connectivity index (χ0n) is 12.9. The van der Waals surface area contributed by atoms with Crippen molar-refractivity contribution >= 4 is 0 Å². The van der Waals surface area contributed by atoms with Crippen LogP contribution in [0, 0.1) is 5.41 Å². The van der Waals surface area contributed by atoms with E-state index in [9.17, 15) is 0 Å². The Hall–Kier alpha value is -0.120. The second-order valence-electron chi connectivity index (χ2n) is 6.54. The van der Waals surface area contributed by atoms with Gasteiger partial charge in [0.2, 0.25) is 0 Å². The lowest BCUT2D eigenvalue weighted by Gasteiger charge is -2.44. The number of ether oxygens (including phenoxy) is 1. The Bertz CT molecular complexity index is 240. The van der Waals surface area contributed by atoms with Crippen molar-refractivity contribution in [2.75, 3.05) is 39.9 Å². The van der Waals surface area contributed by atoms with E-state index in [1.54, 1.807) is 0 Å². The Labute approximate surface area is 119 Å². The first-order valence-electron chi connectivity index (χ1n) is 8.26. The van der Waals surface area contributed by atoms with E-state index in [4.69, 9.17) is 4.74 Å². The van der Waals surface area contributed by atoms with Gasteiger partial charge in [0, 0.05) is 31.2 Å². The lowest BCUT2D eigenvalue weighted by atomic mass is 9.80. The van der Waals surface area contributed by atoms with Gasteiger partial charge in [-0.2, -0.15) is 0 Å². The third kappa shape index (κ3) is 4.17. The Balaban J connectivity index is 1.96. The molecule has 1 saturated heterocycles. The largest absolute Gasteiger partial charge is 0.381 e. The van der Waals surface area contributed by atoms with Gasteiger partial charge in [0.15, 0.2) is 0 Å². The Morgan fingerprint density at radius 3 is 2.58 bits per heavy atom. The minimum absolute atomic E-state index is 0.348. The molecule has 0 amide bonds. The van der Waals surface area contributed by atoms with Crippen LogP contribution in [0.5, 0.6) is 0 Å². The average Bonchev–Trinajstić information content (AvgIpc) is 2.47. The van der Waals surface area contributed by atoms with Gasteiger partial charge in [0.05, 0.1) is 6.61 Å². The van der Waals surface area contributed by atoms with E-state index in [0.717, 1.165) is 25.8 Å². The lowest BCUT2D eigenvalue weighted by molar-refractivity contribution is -0.0338. The molecule has 1 aliphatic heterocycles. The average molecular weight is 268 g/mol. The number of hydrogen-bond donors (Lipinski definition) is 1. The van der Waals surface area contributed by atoms with Crippen LogP contribution in [0.15, 0.2) is 0 Å². The standard InChI is InChI=1S/C16H32N2O/c1-3-18(15-8-5-4-6-9-15)13-16(12-17-2)10-7-11-19-14-16/h15,17H,3-14H2,1-2H3. The summed E-state index contributed by atoms with van der Waals surface area (Å²) in [5, 5.41) is 3.40. The number of rotatable bonds is 6. The zero-order chi connectivity index (χ0) is 13.6. The minimum Gasteiger partial charge on any atom is -0.381 e. The molecule has 1 N–H and O–H groups in total. The van der Waals surface area contributed by atoms with E-state index in [1.807, 2.05) is 0 Å². The fourth-order valence-electron chi connectivity index (χ4n) is 3.98. The Kier molecular flexibility index (Phi) is 6.11. The molecule has 2 rings (SSSR count). The monoisotopic (exact) mass is 268 g/mol. The molecular formula is C16H32N2O. The van der Waals surface area contributed by atoms with E-state index >= 15 is 0 Å². The SMILES string of the molecule is CCN(CC1(CNC)CCCOC1)C1CCCCC1. The van der Waals surface area contributed by atoms with Crippen molar-refractivity contribution < 1.29 is 4.74 Å². The van der Waals surface area contributed by atoms with Gasteiger partial charge in [0.25, 0.3) is 0 Å². The van der Waals surface area contributed by atoms with Crippen molar-refractivity contribution in [3.8, 4) is 0 Å². The molecule has 0 radical (unpaired) electrons. The molecule has 0 aromatic heterocycles.